The summed E-state index contributed by atoms with van der Waals surface area (Å²) in [7, 11) is 1.88. The van der Waals surface area contributed by atoms with Gasteiger partial charge in [0.1, 0.15) is 11.3 Å². The topological polar surface area (TPSA) is 59.0 Å². The first kappa shape index (κ1) is 21.9. The monoisotopic (exact) mass is 416 g/mol. The third-order valence-electron chi connectivity index (χ3n) is 5.78. The molecule has 1 aliphatic carbocycles. The maximum Gasteiger partial charge on any atom is 0.237 e. The first-order valence-corrected chi connectivity index (χ1v) is 9.27. The zero-order valence-electron chi connectivity index (χ0n) is 15.4. The van der Waals surface area contributed by atoms with E-state index in [1.807, 2.05) is 17.7 Å². The number of nitrogens with zero attached hydrogens (tertiary/aromatic N) is 2. The van der Waals surface area contributed by atoms with E-state index in [9.17, 15) is 9.18 Å². The number of fused-ring (bicyclic) bond motifs is 2. The van der Waals surface area contributed by atoms with Gasteiger partial charge < -0.3 is 15.2 Å². The van der Waals surface area contributed by atoms with Gasteiger partial charge in [-0.05, 0) is 37.3 Å². The van der Waals surface area contributed by atoms with Crippen LogP contribution in [0.4, 0.5) is 4.39 Å². The molecule has 4 rings (SSSR count). The van der Waals surface area contributed by atoms with Crippen LogP contribution in [0.2, 0.25) is 0 Å². The van der Waals surface area contributed by atoms with Crippen LogP contribution in [-0.2, 0) is 18.3 Å². The van der Waals surface area contributed by atoms with Gasteiger partial charge in [0, 0.05) is 26.1 Å². The fourth-order valence-electron chi connectivity index (χ4n) is 4.39. The molecule has 3 unspecified atom stereocenters. The fraction of sp³-hybridized carbons (Fsp3) is 0.579. The van der Waals surface area contributed by atoms with Crippen molar-refractivity contribution >= 4 is 41.8 Å². The number of carbonyl (C=O) groups excluding carboxylic acids is 1. The van der Waals surface area contributed by atoms with Crippen molar-refractivity contribution in [2.75, 3.05) is 6.54 Å². The van der Waals surface area contributed by atoms with Crippen LogP contribution in [0.25, 0.3) is 11.0 Å². The Hall–Kier alpha value is -1.37. The van der Waals surface area contributed by atoms with Gasteiger partial charge in [-0.25, -0.2) is 9.37 Å². The standard InChI is InChI=1S/C19H25FN4O.2ClH/c1-24-16-8-4-6-13(20)18(16)23-17(24)9-10-21-19(25)15-11-12-5-2-3-7-14(12)22-15;;/h4,6,8,12,14-15,22H,2-3,5,7,9-11H2,1H3,(H,21,25);2*1H. The van der Waals surface area contributed by atoms with Crippen molar-refractivity contribution in [3.8, 4) is 0 Å². The minimum Gasteiger partial charge on any atom is -0.354 e. The molecular formula is C19H27Cl2FN4O. The predicted molar refractivity (Wildman–Crippen MR) is 109 cm³/mol. The Morgan fingerprint density at radius 1 is 1.33 bits per heavy atom. The molecule has 2 aliphatic rings. The number of carbonyl (C=O) groups is 1. The highest BCUT2D eigenvalue weighted by molar-refractivity contribution is 5.85. The van der Waals surface area contributed by atoms with E-state index < -0.39 is 0 Å². The summed E-state index contributed by atoms with van der Waals surface area (Å²) in [6, 6.07) is 5.43. The zero-order valence-corrected chi connectivity index (χ0v) is 17.0. The van der Waals surface area contributed by atoms with Crippen LogP contribution in [0, 0.1) is 11.7 Å². The van der Waals surface area contributed by atoms with Gasteiger partial charge in [0.15, 0.2) is 5.82 Å². The van der Waals surface area contributed by atoms with E-state index in [4.69, 9.17) is 0 Å². The van der Waals surface area contributed by atoms with Crippen LogP contribution in [0.3, 0.4) is 0 Å². The highest BCUT2D eigenvalue weighted by Gasteiger charge is 2.37. The summed E-state index contributed by atoms with van der Waals surface area (Å²) in [6.07, 6.45) is 6.54. The first-order valence-electron chi connectivity index (χ1n) is 9.27. The third kappa shape index (κ3) is 4.39. The molecule has 8 heteroatoms. The van der Waals surface area contributed by atoms with Crippen LogP contribution in [0.1, 0.15) is 37.9 Å². The number of aromatic nitrogens is 2. The number of aryl methyl sites for hydroxylation is 1. The summed E-state index contributed by atoms with van der Waals surface area (Å²) in [5.74, 6) is 1.22. The van der Waals surface area contributed by atoms with E-state index in [0.29, 0.717) is 30.4 Å². The van der Waals surface area contributed by atoms with Crippen molar-refractivity contribution in [1.82, 2.24) is 20.2 Å². The van der Waals surface area contributed by atoms with E-state index >= 15 is 0 Å². The van der Waals surface area contributed by atoms with E-state index in [2.05, 4.69) is 15.6 Å². The lowest BCUT2D eigenvalue weighted by atomic mass is 9.85. The molecule has 2 N–H and O–H groups in total. The highest BCUT2D eigenvalue weighted by Crippen LogP contribution is 2.33. The third-order valence-corrected chi connectivity index (χ3v) is 5.78. The van der Waals surface area contributed by atoms with Gasteiger partial charge in [-0.1, -0.05) is 18.9 Å². The smallest absolute Gasteiger partial charge is 0.237 e. The zero-order chi connectivity index (χ0) is 17.4. The van der Waals surface area contributed by atoms with Crippen molar-refractivity contribution in [3.05, 3.63) is 29.8 Å². The molecule has 1 aromatic carbocycles. The Morgan fingerprint density at radius 2 is 2.11 bits per heavy atom. The average Bonchev–Trinajstić information content (AvgIpc) is 3.18. The van der Waals surface area contributed by atoms with Crippen molar-refractivity contribution < 1.29 is 9.18 Å². The second kappa shape index (κ2) is 9.22. The molecule has 2 heterocycles. The van der Waals surface area contributed by atoms with Crippen LogP contribution in [0.15, 0.2) is 18.2 Å². The molecule has 0 radical (unpaired) electrons. The molecule has 2 fully saturated rings. The number of halogens is 3. The van der Waals surface area contributed by atoms with Crippen LogP contribution in [-0.4, -0.2) is 34.1 Å². The average molecular weight is 417 g/mol. The van der Waals surface area contributed by atoms with Crippen LogP contribution >= 0.6 is 24.8 Å². The number of imidazole rings is 1. The molecule has 0 bridgehead atoms. The molecule has 3 atom stereocenters. The Balaban J connectivity index is 0.00000131. The quantitative estimate of drug-likeness (QED) is 0.804. The maximum atomic E-state index is 13.8. The lowest BCUT2D eigenvalue weighted by molar-refractivity contribution is -0.122. The van der Waals surface area contributed by atoms with Crippen molar-refractivity contribution in [3.63, 3.8) is 0 Å². The Bertz CT molecular complexity index is 783. The van der Waals surface area contributed by atoms with E-state index in [1.165, 1.54) is 31.7 Å². The summed E-state index contributed by atoms with van der Waals surface area (Å²) >= 11 is 0. The minimum atomic E-state index is -0.304. The summed E-state index contributed by atoms with van der Waals surface area (Å²) in [6.45, 7) is 0.519. The van der Waals surface area contributed by atoms with E-state index in [0.717, 1.165) is 17.8 Å². The number of benzene rings is 1. The van der Waals surface area contributed by atoms with Gasteiger partial charge in [-0.3, -0.25) is 4.79 Å². The Morgan fingerprint density at radius 3 is 2.85 bits per heavy atom. The SMILES string of the molecule is Cl.Cl.Cn1c(CCNC(=O)C2CC3CCCCC3N2)nc2c(F)cccc21. The first-order chi connectivity index (χ1) is 12.1. The van der Waals surface area contributed by atoms with Crippen LogP contribution < -0.4 is 10.6 Å². The maximum absolute atomic E-state index is 13.8. The molecule has 1 amide bonds. The molecule has 0 spiro atoms. The van der Waals surface area contributed by atoms with Crippen molar-refractivity contribution in [1.29, 1.82) is 0 Å². The second-order valence-electron chi connectivity index (χ2n) is 7.34. The van der Waals surface area contributed by atoms with Gasteiger partial charge in [0.2, 0.25) is 5.91 Å². The Labute approximate surface area is 171 Å². The lowest BCUT2D eigenvalue weighted by Gasteiger charge is -2.24. The van der Waals surface area contributed by atoms with Gasteiger partial charge in [-0.2, -0.15) is 0 Å². The molecule has 2 aromatic rings. The molecule has 150 valence electrons. The van der Waals surface area contributed by atoms with Gasteiger partial charge in [0.05, 0.1) is 11.6 Å². The van der Waals surface area contributed by atoms with Crippen molar-refractivity contribution in [2.45, 2.75) is 50.6 Å². The van der Waals surface area contributed by atoms with Gasteiger partial charge in [0.25, 0.3) is 0 Å². The number of rotatable bonds is 4. The van der Waals surface area contributed by atoms with E-state index in [1.54, 1.807) is 6.07 Å². The predicted octanol–water partition coefficient (Wildman–Crippen LogP) is 3.14. The minimum absolute atomic E-state index is 0. The lowest BCUT2D eigenvalue weighted by Crippen LogP contribution is -2.43. The molecule has 27 heavy (non-hydrogen) atoms. The Kier molecular flexibility index (Phi) is 7.48. The summed E-state index contributed by atoms with van der Waals surface area (Å²) in [5, 5.41) is 6.52. The normalized spacial score (nSPS) is 24.0. The highest BCUT2D eigenvalue weighted by atomic mass is 35.5. The molecule has 5 nitrogen and oxygen atoms in total. The number of amides is 1. The number of para-hydroxylation sites is 1. The number of hydrogen-bond acceptors (Lipinski definition) is 3. The fourth-order valence-corrected chi connectivity index (χ4v) is 4.39. The van der Waals surface area contributed by atoms with E-state index in [-0.39, 0.29) is 42.6 Å². The molecule has 1 aromatic heterocycles. The summed E-state index contributed by atoms with van der Waals surface area (Å²) in [4.78, 5) is 16.8. The second-order valence-corrected chi connectivity index (χ2v) is 7.34. The van der Waals surface area contributed by atoms with Crippen LogP contribution in [0.5, 0.6) is 0 Å². The van der Waals surface area contributed by atoms with Crippen molar-refractivity contribution in [2.24, 2.45) is 13.0 Å². The molecular weight excluding hydrogens is 390 g/mol. The molecule has 1 aliphatic heterocycles. The number of hydrogen-bond donors (Lipinski definition) is 2. The number of nitrogens with one attached hydrogen (secondary N) is 2. The van der Waals surface area contributed by atoms with Gasteiger partial charge >= 0.3 is 0 Å². The molecule has 1 saturated carbocycles. The largest absolute Gasteiger partial charge is 0.354 e. The summed E-state index contributed by atoms with van der Waals surface area (Å²) < 4.78 is 15.7. The molecule has 1 saturated heterocycles. The van der Waals surface area contributed by atoms with Gasteiger partial charge in [-0.15, -0.1) is 24.8 Å². The summed E-state index contributed by atoms with van der Waals surface area (Å²) in [5.41, 5.74) is 1.18.